The minimum Gasteiger partial charge on any atom is -0.376 e. The summed E-state index contributed by atoms with van der Waals surface area (Å²) in [6.45, 7) is 0. The van der Waals surface area contributed by atoms with Crippen LogP contribution in [-0.4, -0.2) is 11.1 Å². The van der Waals surface area contributed by atoms with Crippen LogP contribution in [0.5, 0.6) is 0 Å². The number of rotatable bonds is 4. The zero-order valence-electron chi connectivity index (χ0n) is 10.1. The molecule has 0 aliphatic rings. The monoisotopic (exact) mass is 274 g/mol. The summed E-state index contributed by atoms with van der Waals surface area (Å²) in [5.74, 6) is 0. The van der Waals surface area contributed by atoms with Gasteiger partial charge in [0, 0.05) is 5.69 Å². The zero-order valence-corrected chi connectivity index (χ0v) is 10.9. The Hall–Kier alpha value is -1.98. The van der Waals surface area contributed by atoms with Crippen molar-refractivity contribution < 1.29 is 9.90 Å². The summed E-state index contributed by atoms with van der Waals surface area (Å²) in [4.78, 5) is 11.6. The van der Waals surface area contributed by atoms with Gasteiger partial charge in [0.2, 0.25) is 0 Å². The molecule has 98 valence electrons. The van der Waals surface area contributed by atoms with E-state index in [4.69, 9.17) is 0 Å². The van der Waals surface area contributed by atoms with Gasteiger partial charge in [-0.15, -0.1) is 0 Å². The van der Waals surface area contributed by atoms with Crippen molar-refractivity contribution in [3.8, 4) is 0 Å². The smallest absolute Gasteiger partial charge is 0.329 e. The fourth-order valence-electron chi connectivity index (χ4n) is 1.47. The van der Waals surface area contributed by atoms with Crippen LogP contribution >= 0.6 is 11.9 Å². The Morgan fingerprint density at radius 2 is 1.58 bits per heavy atom. The van der Waals surface area contributed by atoms with Crippen molar-refractivity contribution in [1.82, 2.24) is 4.72 Å². The molecule has 0 fully saturated rings. The summed E-state index contributed by atoms with van der Waals surface area (Å²) in [7, 11) is 0. The van der Waals surface area contributed by atoms with Crippen LogP contribution in [0.1, 0.15) is 11.0 Å². The molecule has 0 heterocycles. The number of para-hydroxylation sites is 1. The first-order valence-corrected chi connectivity index (χ1v) is 6.64. The van der Waals surface area contributed by atoms with Gasteiger partial charge >= 0.3 is 6.03 Å². The van der Waals surface area contributed by atoms with Crippen molar-refractivity contribution in [2.75, 3.05) is 5.32 Å². The Morgan fingerprint density at radius 1 is 1.00 bits per heavy atom. The highest BCUT2D eigenvalue weighted by Crippen LogP contribution is 2.22. The predicted molar refractivity (Wildman–Crippen MR) is 77.6 cm³/mol. The summed E-state index contributed by atoms with van der Waals surface area (Å²) in [6, 6.07) is 17.9. The van der Waals surface area contributed by atoms with Crippen molar-refractivity contribution in [2.24, 2.45) is 0 Å². The third-order valence-electron chi connectivity index (χ3n) is 2.38. The van der Waals surface area contributed by atoms with Crippen LogP contribution in [0.3, 0.4) is 0 Å². The SMILES string of the molecule is O=C(NSC(O)c1ccccc1)Nc1ccccc1. The summed E-state index contributed by atoms with van der Waals surface area (Å²) in [5.41, 5.74) is 0.657. The van der Waals surface area contributed by atoms with Crippen molar-refractivity contribution in [3.63, 3.8) is 0 Å². The first kappa shape index (κ1) is 13.5. The van der Waals surface area contributed by atoms with E-state index in [1.807, 2.05) is 36.4 Å². The number of benzene rings is 2. The Labute approximate surface area is 116 Å². The number of urea groups is 1. The highest BCUT2D eigenvalue weighted by atomic mass is 32.2. The summed E-state index contributed by atoms with van der Waals surface area (Å²) in [5, 5.41) is 12.5. The van der Waals surface area contributed by atoms with Crippen LogP contribution in [0, 0.1) is 0 Å². The van der Waals surface area contributed by atoms with E-state index in [9.17, 15) is 9.90 Å². The lowest BCUT2D eigenvalue weighted by molar-refractivity contribution is 0.254. The van der Waals surface area contributed by atoms with Gasteiger partial charge in [-0.2, -0.15) is 0 Å². The number of hydrogen-bond donors (Lipinski definition) is 3. The van der Waals surface area contributed by atoms with E-state index in [0.717, 1.165) is 17.5 Å². The van der Waals surface area contributed by atoms with Gasteiger partial charge in [-0.05, 0) is 29.6 Å². The van der Waals surface area contributed by atoms with Crippen LogP contribution in [0.15, 0.2) is 60.7 Å². The van der Waals surface area contributed by atoms with Crippen molar-refractivity contribution in [2.45, 2.75) is 5.44 Å². The largest absolute Gasteiger partial charge is 0.376 e. The number of aliphatic hydroxyl groups is 1. The topological polar surface area (TPSA) is 61.4 Å². The predicted octanol–water partition coefficient (Wildman–Crippen LogP) is 3.15. The molecule has 5 heteroatoms. The van der Waals surface area contributed by atoms with E-state index in [-0.39, 0.29) is 6.03 Å². The molecule has 0 radical (unpaired) electrons. The number of anilines is 1. The molecule has 0 aliphatic carbocycles. The van der Waals surface area contributed by atoms with Crippen molar-refractivity contribution in [3.05, 3.63) is 66.2 Å². The highest BCUT2D eigenvalue weighted by molar-refractivity contribution is 7.98. The summed E-state index contributed by atoms with van der Waals surface area (Å²) in [6.07, 6.45) is 0. The number of carbonyl (C=O) groups is 1. The van der Waals surface area contributed by atoms with E-state index in [1.165, 1.54) is 0 Å². The number of nitrogens with one attached hydrogen (secondary N) is 2. The summed E-state index contributed by atoms with van der Waals surface area (Å²) < 4.78 is 2.55. The second kappa shape index (κ2) is 6.82. The van der Waals surface area contributed by atoms with Crippen LogP contribution in [-0.2, 0) is 0 Å². The standard InChI is InChI=1S/C14H14N2O2S/c17-13(11-7-3-1-4-8-11)19-16-14(18)15-12-9-5-2-6-10-12/h1-10,13,17H,(H2,15,16,18). The normalized spacial score (nSPS) is 11.6. The molecule has 0 spiro atoms. The van der Waals surface area contributed by atoms with Gasteiger partial charge in [0.05, 0.1) is 0 Å². The molecule has 0 aliphatic heterocycles. The maximum absolute atomic E-state index is 11.6. The number of hydrogen-bond acceptors (Lipinski definition) is 3. The van der Waals surface area contributed by atoms with Gasteiger partial charge in [0.25, 0.3) is 0 Å². The third-order valence-corrected chi connectivity index (χ3v) is 3.18. The van der Waals surface area contributed by atoms with E-state index >= 15 is 0 Å². The first-order chi connectivity index (χ1) is 9.25. The maximum atomic E-state index is 11.6. The number of amides is 2. The Morgan fingerprint density at radius 3 is 2.21 bits per heavy atom. The molecule has 2 aromatic carbocycles. The number of carbonyl (C=O) groups excluding carboxylic acids is 1. The molecular formula is C14H14N2O2S. The van der Waals surface area contributed by atoms with Gasteiger partial charge in [-0.3, -0.25) is 4.72 Å². The molecule has 3 N–H and O–H groups in total. The third kappa shape index (κ3) is 4.31. The van der Waals surface area contributed by atoms with Crippen LogP contribution in [0.25, 0.3) is 0 Å². The molecule has 0 aromatic heterocycles. The molecule has 1 unspecified atom stereocenters. The quantitative estimate of drug-likeness (QED) is 0.593. The zero-order chi connectivity index (χ0) is 13.5. The van der Waals surface area contributed by atoms with Crippen LogP contribution in [0.4, 0.5) is 10.5 Å². The van der Waals surface area contributed by atoms with E-state index in [1.54, 1.807) is 24.3 Å². The van der Waals surface area contributed by atoms with Gasteiger partial charge in [-0.1, -0.05) is 48.5 Å². The molecular weight excluding hydrogens is 260 g/mol. The van der Waals surface area contributed by atoms with Crippen molar-refractivity contribution >= 4 is 23.7 Å². The second-order valence-corrected chi connectivity index (χ2v) is 4.69. The molecule has 1 atom stereocenters. The van der Waals surface area contributed by atoms with E-state index in [2.05, 4.69) is 10.0 Å². The Kier molecular flexibility index (Phi) is 4.83. The van der Waals surface area contributed by atoms with E-state index in [0.29, 0.717) is 5.69 Å². The highest BCUT2D eigenvalue weighted by Gasteiger charge is 2.09. The average Bonchev–Trinajstić information content (AvgIpc) is 2.47. The lowest BCUT2D eigenvalue weighted by atomic mass is 10.2. The van der Waals surface area contributed by atoms with Crippen LogP contribution < -0.4 is 10.0 Å². The average molecular weight is 274 g/mol. The fourth-order valence-corrected chi connectivity index (χ4v) is 2.04. The van der Waals surface area contributed by atoms with Gasteiger partial charge in [-0.25, -0.2) is 4.79 Å². The van der Waals surface area contributed by atoms with Gasteiger partial charge < -0.3 is 10.4 Å². The van der Waals surface area contributed by atoms with Crippen molar-refractivity contribution in [1.29, 1.82) is 0 Å². The maximum Gasteiger partial charge on any atom is 0.329 e. The lowest BCUT2D eigenvalue weighted by Crippen LogP contribution is -2.23. The molecule has 4 nitrogen and oxygen atoms in total. The number of aliphatic hydroxyl groups excluding tert-OH is 1. The molecule has 2 rings (SSSR count). The Bertz CT molecular complexity index is 519. The minimum atomic E-state index is -0.789. The molecule has 0 saturated carbocycles. The molecule has 2 amide bonds. The molecule has 0 bridgehead atoms. The van der Waals surface area contributed by atoms with Gasteiger partial charge in [0.1, 0.15) is 5.44 Å². The Balaban J connectivity index is 1.81. The van der Waals surface area contributed by atoms with Crippen LogP contribution in [0.2, 0.25) is 0 Å². The van der Waals surface area contributed by atoms with Gasteiger partial charge in [0.15, 0.2) is 0 Å². The second-order valence-electron chi connectivity index (χ2n) is 3.80. The molecule has 2 aromatic rings. The lowest BCUT2D eigenvalue weighted by Gasteiger charge is -2.11. The van der Waals surface area contributed by atoms with E-state index < -0.39 is 5.44 Å². The molecule has 19 heavy (non-hydrogen) atoms. The first-order valence-electron chi connectivity index (χ1n) is 5.76. The summed E-state index contributed by atoms with van der Waals surface area (Å²) >= 11 is 0.950. The molecule has 0 saturated heterocycles. The fraction of sp³-hybridized carbons (Fsp3) is 0.0714. The minimum absolute atomic E-state index is 0.369.